The molecular weight excluding hydrogens is 338 g/mol. The van der Waals surface area contributed by atoms with E-state index in [1.807, 2.05) is 0 Å². The first-order valence-electron chi connectivity index (χ1n) is 6.97. The summed E-state index contributed by atoms with van der Waals surface area (Å²) in [6.07, 6.45) is 3.10. The van der Waals surface area contributed by atoms with Gasteiger partial charge < -0.3 is 19.9 Å². The molecule has 0 heterocycles. The van der Waals surface area contributed by atoms with Crippen LogP contribution in [0.2, 0.25) is 0 Å². The van der Waals surface area contributed by atoms with E-state index in [-0.39, 0.29) is 11.9 Å². The van der Waals surface area contributed by atoms with Gasteiger partial charge in [-0.05, 0) is 40.9 Å². The molecule has 2 N–H and O–H groups in total. The third-order valence-electron chi connectivity index (χ3n) is 3.75. The van der Waals surface area contributed by atoms with Gasteiger partial charge in [-0.1, -0.05) is 12.8 Å². The van der Waals surface area contributed by atoms with E-state index >= 15 is 0 Å². The van der Waals surface area contributed by atoms with Gasteiger partial charge in [0.15, 0.2) is 0 Å². The highest BCUT2D eigenvalue weighted by atomic mass is 79.9. The van der Waals surface area contributed by atoms with Gasteiger partial charge in [0.25, 0.3) is 5.91 Å². The first-order chi connectivity index (χ1) is 10.1. The quantitative estimate of drug-likeness (QED) is 0.868. The third kappa shape index (κ3) is 3.68. The van der Waals surface area contributed by atoms with Gasteiger partial charge in [0.2, 0.25) is 0 Å². The normalized spacial score (nSPS) is 21.7. The molecule has 21 heavy (non-hydrogen) atoms. The second-order valence-corrected chi connectivity index (χ2v) is 5.92. The van der Waals surface area contributed by atoms with Crippen molar-refractivity contribution in [2.45, 2.75) is 37.8 Å². The van der Waals surface area contributed by atoms with Crippen LogP contribution in [0.5, 0.6) is 11.5 Å². The molecule has 2 rings (SSSR count). The maximum absolute atomic E-state index is 12.4. The Balaban J connectivity index is 2.18. The molecule has 1 saturated carbocycles. The number of hydrogen-bond acceptors (Lipinski definition) is 4. The molecule has 0 spiro atoms. The van der Waals surface area contributed by atoms with Crippen LogP contribution >= 0.6 is 15.9 Å². The maximum atomic E-state index is 12.4. The molecule has 0 saturated heterocycles. The molecule has 2 atom stereocenters. The Morgan fingerprint density at radius 2 is 1.81 bits per heavy atom. The number of amides is 1. The predicted octanol–water partition coefficient (Wildman–Crippen LogP) is 2.50. The van der Waals surface area contributed by atoms with Gasteiger partial charge >= 0.3 is 0 Å². The Morgan fingerprint density at radius 3 is 2.33 bits per heavy atom. The van der Waals surface area contributed by atoms with Crippen molar-refractivity contribution in [3.8, 4) is 11.5 Å². The molecule has 1 amide bonds. The minimum atomic E-state index is -0.470. The van der Waals surface area contributed by atoms with Crippen molar-refractivity contribution in [1.29, 1.82) is 0 Å². The van der Waals surface area contributed by atoms with Crippen molar-refractivity contribution in [2.24, 2.45) is 0 Å². The minimum Gasteiger partial charge on any atom is -0.495 e. The third-order valence-corrected chi connectivity index (χ3v) is 4.54. The number of ether oxygens (including phenoxy) is 2. The molecule has 1 aliphatic rings. The first-order valence-corrected chi connectivity index (χ1v) is 7.76. The number of carbonyl (C=O) groups is 1. The smallest absolute Gasteiger partial charge is 0.251 e. The van der Waals surface area contributed by atoms with Crippen molar-refractivity contribution < 1.29 is 19.4 Å². The van der Waals surface area contributed by atoms with Crippen LogP contribution in [-0.4, -0.2) is 37.4 Å². The van der Waals surface area contributed by atoms with E-state index in [9.17, 15) is 9.90 Å². The van der Waals surface area contributed by atoms with Crippen molar-refractivity contribution in [3.63, 3.8) is 0 Å². The van der Waals surface area contributed by atoms with Crippen molar-refractivity contribution in [1.82, 2.24) is 5.32 Å². The van der Waals surface area contributed by atoms with Crippen LogP contribution < -0.4 is 14.8 Å². The van der Waals surface area contributed by atoms with Gasteiger partial charge in [0, 0.05) is 5.56 Å². The van der Waals surface area contributed by atoms with Crippen LogP contribution in [-0.2, 0) is 0 Å². The summed E-state index contributed by atoms with van der Waals surface area (Å²) in [7, 11) is 3.07. The fourth-order valence-electron chi connectivity index (χ4n) is 2.53. The number of methoxy groups -OCH3 is 2. The summed E-state index contributed by atoms with van der Waals surface area (Å²) in [5, 5.41) is 12.8. The Bertz CT molecular complexity index is 495. The largest absolute Gasteiger partial charge is 0.495 e. The molecule has 0 aromatic heterocycles. The molecule has 0 bridgehead atoms. The van der Waals surface area contributed by atoms with Gasteiger partial charge in [-0.2, -0.15) is 0 Å². The highest BCUT2D eigenvalue weighted by molar-refractivity contribution is 9.10. The lowest BCUT2D eigenvalue weighted by atomic mass is 9.92. The summed E-state index contributed by atoms with van der Waals surface area (Å²) in [6, 6.07) is 3.11. The molecule has 0 unspecified atom stereocenters. The summed E-state index contributed by atoms with van der Waals surface area (Å²) in [5.41, 5.74) is 0.449. The van der Waals surface area contributed by atoms with E-state index in [2.05, 4.69) is 21.2 Å². The Morgan fingerprint density at radius 1 is 1.24 bits per heavy atom. The highest BCUT2D eigenvalue weighted by Gasteiger charge is 2.25. The monoisotopic (exact) mass is 357 g/mol. The second kappa shape index (κ2) is 7.13. The molecule has 1 aromatic carbocycles. The zero-order valence-electron chi connectivity index (χ0n) is 12.2. The van der Waals surface area contributed by atoms with E-state index in [1.165, 1.54) is 14.2 Å². The Labute approximate surface area is 132 Å². The molecule has 6 heteroatoms. The molecular formula is C15H20BrNO4. The highest BCUT2D eigenvalue weighted by Crippen LogP contribution is 2.35. The van der Waals surface area contributed by atoms with Crippen molar-refractivity contribution >= 4 is 21.8 Å². The molecule has 0 radical (unpaired) electrons. The Kier molecular flexibility index (Phi) is 5.47. The zero-order chi connectivity index (χ0) is 15.4. The molecule has 1 aromatic rings. The van der Waals surface area contributed by atoms with E-state index in [1.54, 1.807) is 12.1 Å². The lowest BCUT2D eigenvalue weighted by Gasteiger charge is -2.28. The number of carbonyl (C=O) groups excluding carboxylic acids is 1. The topological polar surface area (TPSA) is 67.8 Å². The number of aliphatic hydroxyl groups is 1. The number of benzene rings is 1. The lowest BCUT2D eigenvalue weighted by Crippen LogP contribution is -2.45. The standard InChI is InChI=1S/C15H20BrNO4/c1-20-12-7-9(8-13(21-2)14(12)16)15(19)17-10-5-3-4-6-11(10)18/h7-8,10-11,18H,3-6H2,1-2H3,(H,17,19)/t10-,11-/m0/s1. The number of aliphatic hydroxyl groups excluding tert-OH is 1. The molecule has 116 valence electrons. The van der Waals surface area contributed by atoms with E-state index < -0.39 is 6.10 Å². The van der Waals surface area contributed by atoms with Crippen LogP contribution in [0.1, 0.15) is 36.0 Å². The van der Waals surface area contributed by atoms with Crippen LogP contribution in [0.25, 0.3) is 0 Å². The van der Waals surface area contributed by atoms with E-state index in [4.69, 9.17) is 9.47 Å². The average molecular weight is 358 g/mol. The Hall–Kier alpha value is -1.27. The average Bonchev–Trinajstić information content (AvgIpc) is 2.49. The number of hydrogen-bond donors (Lipinski definition) is 2. The minimum absolute atomic E-state index is 0.188. The molecule has 5 nitrogen and oxygen atoms in total. The molecule has 0 aliphatic heterocycles. The van der Waals surface area contributed by atoms with E-state index in [0.717, 1.165) is 25.7 Å². The van der Waals surface area contributed by atoms with Crippen LogP contribution in [0.3, 0.4) is 0 Å². The van der Waals surface area contributed by atoms with Gasteiger partial charge in [0.05, 0.1) is 26.4 Å². The number of rotatable bonds is 4. The van der Waals surface area contributed by atoms with Crippen LogP contribution in [0.15, 0.2) is 16.6 Å². The maximum Gasteiger partial charge on any atom is 0.251 e. The summed E-state index contributed by atoms with van der Waals surface area (Å²) in [6.45, 7) is 0. The van der Waals surface area contributed by atoms with Gasteiger partial charge in [-0.15, -0.1) is 0 Å². The van der Waals surface area contributed by atoms with Gasteiger partial charge in [0.1, 0.15) is 16.0 Å². The van der Waals surface area contributed by atoms with Crippen molar-refractivity contribution in [2.75, 3.05) is 14.2 Å². The van der Waals surface area contributed by atoms with Crippen molar-refractivity contribution in [3.05, 3.63) is 22.2 Å². The van der Waals surface area contributed by atoms with Gasteiger partial charge in [-0.25, -0.2) is 0 Å². The molecule has 1 aliphatic carbocycles. The zero-order valence-corrected chi connectivity index (χ0v) is 13.8. The van der Waals surface area contributed by atoms with Crippen LogP contribution in [0.4, 0.5) is 0 Å². The summed E-state index contributed by atoms with van der Waals surface area (Å²) >= 11 is 3.37. The molecule has 1 fully saturated rings. The predicted molar refractivity (Wildman–Crippen MR) is 83.0 cm³/mol. The first kappa shape index (κ1) is 16.1. The summed E-state index contributed by atoms with van der Waals surface area (Å²) in [5.74, 6) is 0.831. The van der Waals surface area contributed by atoms with E-state index in [0.29, 0.717) is 21.5 Å². The number of halogens is 1. The van der Waals surface area contributed by atoms with Gasteiger partial charge in [-0.3, -0.25) is 4.79 Å². The fourth-order valence-corrected chi connectivity index (χ4v) is 3.08. The lowest BCUT2D eigenvalue weighted by molar-refractivity contribution is 0.0717. The van der Waals surface area contributed by atoms with Crippen LogP contribution in [0, 0.1) is 0 Å². The fraction of sp³-hybridized carbons (Fsp3) is 0.533. The SMILES string of the molecule is COc1cc(C(=O)N[C@H]2CCCC[C@@H]2O)cc(OC)c1Br. The summed E-state index contributed by atoms with van der Waals surface area (Å²) in [4.78, 5) is 12.4. The second-order valence-electron chi connectivity index (χ2n) is 5.13. The number of nitrogens with one attached hydrogen (secondary N) is 1. The summed E-state index contributed by atoms with van der Waals surface area (Å²) < 4.78 is 11.1.